The highest BCUT2D eigenvalue weighted by Crippen LogP contribution is 2.14. The van der Waals surface area contributed by atoms with Crippen LogP contribution in [0.3, 0.4) is 0 Å². The van der Waals surface area contributed by atoms with Crippen molar-refractivity contribution in [2.45, 2.75) is 13.5 Å². The molecule has 2 aromatic heterocycles. The smallest absolute Gasteiger partial charge is 0.260 e. The van der Waals surface area contributed by atoms with Gasteiger partial charge in [0.15, 0.2) is 5.82 Å². The molecule has 1 aromatic carbocycles. The summed E-state index contributed by atoms with van der Waals surface area (Å²) in [4.78, 5) is 28.3. The Hall–Kier alpha value is -2.74. The second-order valence-corrected chi connectivity index (χ2v) is 5.90. The zero-order chi connectivity index (χ0) is 16.5. The van der Waals surface area contributed by atoms with Gasteiger partial charge in [-0.15, -0.1) is 0 Å². The molecule has 0 unspecified atom stereocenters. The maximum absolute atomic E-state index is 12.2. The molecule has 4 rings (SSSR count). The van der Waals surface area contributed by atoms with E-state index in [2.05, 4.69) is 29.9 Å². The van der Waals surface area contributed by atoms with Crippen LogP contribution in [0.4, 0.5) is 5.95 Å². The highest BCUT2D eigenvalue weighted by Gasteiger charge is 2.20. The minimum absolute atomic E-state index is 0.0969. The summed E-state index contributed by atoms with van der Waals surface area (Å²) in [5.74, 6) is 1.92. The van der Waals surface area contributed by atoms with E-state index in [4.69, 9.17) is 4.52 Å². The number of fused-ring (bicyclic) bond motifs is 1. The molecule has 0 spiro atoms. The topological polar surface area (TPSA) is 91.2 Å². The number of hydrogen-bond donors (Lipinski definition) is 1. The number of aromatic amines is 1. The summed E-state index contributed by atoms with van der Waals surface area (Å²) in [6, 6.07) is 7.39. The molecule has 3 aromatic rings. The summed E-state index contributed by atoms with van der Waals surface area (Å²) in [5, 5.41) is 4.55. The van der Waals surface area contributed by atoms with Crippen LogP contribution in [-0.2, 0) is 6.54 Å². The van der Waals surface area contributed by atoms with Gasteiger partial charge in [0.05, 0.1) is 17.4 Å². The number of para-hydroxylation sites is 1. The molecule has 0 bridgehead atoms. The average molecular weight is 326 g/mol. The Morgan fingerprint density at radius 2 is 1.96 bits per heavy atom. The predicted octanol–water partition coefficient (Wildman–Crippen LogP) is 0.937. The van der Waals surface area contributed by atoms with E-state index in [0.717, 1.165) is 31.7 Å². The molecule has 0 aliphatic carbocycles. The lowest BCUT2D eigenvalue weighted by molar-refractivity contribution is 0.239. The Balaban J connectivity index is 1.46. The summed E-state index contributed by atoms with van der Waals surface area (Å²) in [7, 11) is 0. The molecule has 1 saturated heterocycles. The van der Waals surface area contributed by atoms with Gasteiger partial charge in [0.25, 0.3) is 5.56 Å². The van der Waals surface area contributed by atoms with Crippen molar-refractivity contribution in [3.63, 3.8) is 0 Å². The summed E-state index contributed by atoms with van der Waals surface area (Å²) < 4.78 is 5.00. The molecule has 1 fully saturated rings. The van der Waals surface area contributed by atoms with Gasteiger partial charge in [-0.25, -0.2) is 4.98 Å². The van der Waals surface area contributed by atoms with E-state index in [1.54, 1.807) is 13.0 Å². The Morgan fingerprint density at radius 3 is 2.71 bits per heavy atom. The fourth-order valence-corrected chi connectivity index (χ4v) is 2.95. The standard InChI is InChI=1S/C16H18N6O2/c1-11-17-14(20-24-11)10-21-6-8-22(9-7-21)16-18-13-5-3-2-4-12(13)15(23)19-16/h2-5H,6-10H2,1H3,(H,18,19,23). The molecule has 124 valence electrons. The Morgan fingerprint density at radius 1 is 1.17 bits per heavy atom. The predicted molar refractivity (Wildman–Crippen MR) is 88.9 cm³/mol. The molecule has 0 saturated carbocycles. The number of anilines is 1. The van der Waals surface area contributed by atoms with Crippen molar-refractivity contribution in [2.75, 3.05) is 31.1 Å². The van der Waals surface area contributed by atoms with E-state index < -0.39 is 0 Å². The molecular weight excluding hydrogens is 308 g/mol. The van der Waals surface area contributed by atoms with Gasteiger partial charge < -0.3 is 9.42 Å². The van der Waals surface area contributed by atoms with Crippen LogP contribution in [0.2, 0.25) is 0 Å². The van der Waals surface area contributed by atoms with Crippen LogP contribution in [0.15, 0.2) is 33.6 Å². The Labute approximate surface area is 138 Å². The number of piperazine rings is 1. The summed E-state index contributed by atoms with van der Waals surface area (Å²) >= 11 is 0. The normalized spacial score (nSPS) is 16.0. The average Bonchev–Trinajstić information content (AvgIpc) is 3.00. The van der Waals surface area contributed by atoms with E-state index in [1.807, 2.05) is 18.2 Å². The number of rotatable bonds is 3. The molecule has 8 nitrogen and oxygen atoms in total. The first kappa shape index (κ1) is 14.8. The van der Waals surface area contributed by atoms with Crippen molar-refractivity contribution in [1.29, 1.82) is 0 Å². The second kappa shape index (κ2) is 6.04. The minimum Gasteiger partial charge on any atom is -0.340 e. The van der Waals surface area contributed by atoms with Gasteiger partial charge in [-0.3, -0.25) is 14.7 Å². The first-order chi connectivity index (χ1) is 11.7. The van der Waals surface area contributed by atoms with Crippen molar-refractivity contribution >= 4 is 16.9 Å². The van der Waals surface area contributed by atoms with Crippen LogP contribution in [-0.4, -0.2) is 51.2 Å². The van der Waals surface area contributed by atoms with Crippen molar-refractivity contribution in [1.82, 2.24) is 25.0 Å². The summed E-state index contributed by atoms with van der Waals surface area (Å²) in [6.07, 6.45) is 0. The number of nitrogens with one attached hydrogen (secondary N) is 1. The van der Waals surface area contributed by atoms with Crippen LogP contribution < -0.4 is 10.5 Å². The SMILES string of the molecule is Cc1nc(CN2CCN(c3nc4ccccc4c(=O)[nH]3)CC2)no1. The molecule has 0 atom stereocenters. The number of benzene rings is 1. The molecule has 3 heterocycles. The molecule has 8 heteroatoms. The van der Waals surface area contributed by atoms with Gasteiger partial charge in [0.1, 0.15) is 0 Å². The van der Waals surface area contributed by atoms with Crippen LogP contribution >= 0.6 is 0 Å². The van der Waals surface area contributed by atoms with Gasteiger partial charge in [0.2, 0.25) is 11.8 Å². The molecule has 1 N–H and O–H groups in total. The second-order valence-electron chi connectivity index (χ2n) is 5.90. The Kier molecular flexibility index (Phi) is 3.73. The van der Waals surface area contributed by atoms with Crippen molar-refractivity contribution in [3.8, 4) is 0 Å². The van der Waals surface area contributed by atoms with E-state index in [-0.39, 0.29) is 5.56 Å². The van der Waals surface area contributed by atoms with Crippen LogP contribution in [0.1, 0.15) is 11.7 Å². The minimum atomic E-state index is -0.0969. The summed E-state index contributed by atoms with van der Waals surface area (Å²) in [6.45, 7) is 5.74. The van der Waals surface area contributed by atoms with Crippen molar-refractivity contribution in [3.05, 3.63) is 46.3 Å². The number of hydrogen-bond acceptors (Lipinski definition) is 7. The van der Waals surface area contributed by atoms with E-state index in [9.17, 15) is 4.79 Å². The molecule has 1 aliphatic rings. The number of aromatic nitrogens is 4. The lowest BCUT2D eigenvalue weighted by Gasteiger charge is -2.34. The molecule has 0 amide bonds. The molecule has 24 heavy (non-hydrogen) atoms. The van der Waals surface area contributed by atoms with Gasteiger partial charge in [-0.1, -0.05) is 17.3 Å². The van der Waals surface area contributed by atoms with Gasteiger partial charge in [-0.05, 0) is 12.1 Å². The van der Waals surface area contributed by atoms with Crippen LogP contribution in [0.5, 0.6) is 0 Å². The third kappa shape index (κ3) is 2.88. The van der Waals surface area contributed by atoms with Gasteiger partial charge in [-0.2, -0.15) is 4.98 Å². The van der Waals surface area contributed by atoms with Crippen molar-refractivity contribution in [2.24, 2.45) is 0 Å². The summed E-state index contributed by atoms with van der Waals surface area (Å²) in [5.41, 5.74) is 0.626. The zero-order valence-electron chi connectivity index (χ0n) is 13.4. The lowest BCUT2D eigenvalue weighted by atomic mass is 10.2. The first-order valence-corrected chi connectivity index (χ1v) is 7.94. The fourth-order valence-electron chi connectivity index (χ4n) is 2.95. The monoisotopic (exact) mass is 326 g/mol. The molecule has 0 radical (unpaired) electrons. The quantitative estimate of drug-likeness (QED) is 0.766. The largest absolute Gasteiger partial charge is 0.340 e. The van der Waals surface area contributed by atoms with Gasteiger partial charge in [0, 0.05) is 33.1 Å². The highest BCUT2D eigenvalue weighted by molar-refractivity contribution is 5.78. The maximum Gasteiger partial charge on any atom is 0.260 e. The molecule has 1 aliphatic heterocycles. The number of nitrogens with zero attached hydrogens (tertiary/aromatic N) is 5. The first-order valence-electron chi connectivity index (χ1n) is 7.94. The van der Waals surface area contributed by atoms with E-state index in [0.29, 0.717) is 29.6 Å². The van der Waals surface area contributed by atoms with Crippen LogP contribution in [0, 0.1) is 6.92 Å². The van der Waals surface area contributed by atoms with Crippen molar-refractivity contribution < 1.29 is 4.52 Å². The van der Waals surface area contributed by atoms with E-state index >= 15 is 0 Å². The van der Waals surface area contributed by atoms with Crippen LogP contribution in [0.25, 0.3) is 10.9 Å². The Bertz CT molecular complexity index is 910. The lowest BCUT2D eigenvalue weighted by Crippen LogP contribution is -2.47. The molecular formula is C16H18N6O2. The fraction of sp³-hybridized carbons (Fsp3) is 0.375. The highest BCUT2D eigenvalue weighted by atomic mass is 16.5. The number of H-pyrrole nitrogens is 1. The third-order valence-corrected chi connectivity index (χ3v) is 4.21. The zero-order valence-corrected chi connectivity index (χ0v) is 13.4. The number of aryl methyl sites for hydroxylation is 1. The van der Waals surface area contributed by atoms with Gasteiger partial charge >= 0.3 is 0 Å². The maximum atomic E-state index is 12.2. The third-order valence-electron chi connectivity index (χ3n) is 4.21. The van der Waals surface area contributed by atoms with E-state index in [1.165, 1.54) is 0 Å².